The zero-order valence-corrected chi connectivity index (χ0v) is 5.31. The first-order valence-corrected chi connectivity index (χ1v) is 3.28. The molecule has 0 amide bonds. The van der Waals surface area contributed by atoms with Crippen LogP contribution < -0.4 is 5.73 Å². The Morgan fingerprint density at radius 2 is 2.25 bits per heavy atom. The second kappa shape index (κ2) is 2.54. The Hall–Kier alpha value is 0.0300. The molecule has 0 rings (SSSR count). The summed E-state index contributed by atoms with van der Waals surface area (Å²) in [4.78, 5) is 0. The van der Waals surface area contributed by atoms with Crippen LogP contribution in [0.5, 0.6) is 0 Å². The van der Waals surface area contributed by atoms with Gasteiger partial charge >= 0.3 is 0 Å². The molecule has 0 saturated heterocycles. The fraction of sp³-hybridized carbons (Fsp3) is 1.00. The number of nitrogens with two attached hydrogens (primary N) is 1. The van der Waals surface area contributed by atoms with Gasteiger partial charge in [0.25, 0.3) is 0 Å². The van der Waals surface area contributed by atoms with E-state index in [1.54, 1.807) is 0 Å². The van der Waals surface area contributed by atoms with Gasteiger partial charge in [0.05, 0.1) is 5.75 Å². The van der Waals surface area contributed by atoms with Crippen molar-refractivity contribution in [1.82, 2.24) is 0 Å². The van der Waals surface area contributed by atoms with Gasteiger partial charge in [0.1, 0.15) is 5.72 Å². The Balaban J connectivity index is 3.55. The van der Waals surface area contributed by atoms with Crippen molar-refractivity contribution >= 4 is 11.1 Å². The van der Waals surface area contributed by atoms with E-state index in [1.165, 1.54) is 6.92 Å². The van der Waals surface area contributed by atoms with E-state index in [9.17, 15) is 4.21 Å². The van der Waals surface area contributed by atoms with Gasteiger partial charge < -0.3 is 15.4 Å². The van der Waals surface area contributed by atoms with Crippen LogP contribution in [0, 0.1) is 0 Å². The molecule has 4 N–H and O–H groups in total. The monoisotopic (exact) mass is 139 g/mol. The molecule has 2 atom stereocenters. The third-order valence-corrected chi connectivity index (χ3v) is 1.25. The van der Waals surface area contributed by atoms with Crippen LogP contribution in [0.3, 0.4) is 0 Å². The summed E-state index contributed by atoms with van der Waals surface area (Å²) in [5.74, 6) is -0.312. The predicted octanol–water partition coefficient (Wildman–Crippen LogP) is -1.12. The zero-order chi connectivity index (χ0) is 6.78. The van der Waals surface area contributed by atoms with E-state index < -0.39 is 16.8 Å². The molecule has 50 valence electrons. The lowest BCUT2D eigenvalue weighted by Crippen LogP contribution is -2.41. The van der Waals surface area contributed by atoms with Crippen molar-refractivity contribution in [2.45, 2.75) is 12.6 Å². The van der Waals surface area contributed by atoms with Gasteiger partial charge in [0.2, 0.25) is 0 Å². The van der Waals surface area contributed by atoms with Crippen molar-refractivity contribution < 1.29 is 13.9 Å². The molecular formula is C3H9NO3S. The summed E-state index contributed by atoms with van der Waals surface area (Å²) in [6.45, 7) is 1.27. The van der Waals surface area contributed by atoms with Crippen molar-refractivity contribution in [3.05, 3.63) is 0 Å². The van der Waals surface area contributed by atoms with Gasteiger partial charge in [0.15, 0.2) is 11.1 Å². The minimum absolute atomic E-state index is 0.312. The average Bonchev–Trinajstić information content (AvgIpc) is 1.21. The third-order valence-electron chi connectivity index (χ3n) is 0.416. The first-order valence-electron chi connectivity index (χ1n) is 2.00. The van der Waals surface area contributed by atoms with E-state index >= 15 is 0 Å². The lowest BCUT2D eigenvalue weighted by molar-refractivity contribution is 0.0910. The molecule has 0 saturated carbocycles. The summed E-state index contributed by atoms with van der Waals surface area (Å²) in [7, 11) is 0. The standard InChI is InChI=1S/C3H9NO3S/c1-3(4,5)2-8(6)7/h5H,2,4H2,1H3,(H,6,7). The molecule has 2 unspecified atom stereocenters. The number of rotatable bonds is 2. The lowest BCUT2D eigenvalue weighted by Gasteiger charge is -2.12. The molecule has 0 heterocycles. The van der Waals surface area contributed by atoms with E-state index in [-0.39, 0.29) is 5.75 Å². The van der Waals surface area contributed by atoms with Gasteiger partial charge in [-0.05, 0) is 6.92 Å². The number of hydrogen-bond acceptors (Lipinski definition) is 3. The molecule has 0 aliphatic heterocycles. The van der Waals surface area contributed by atoms with E-state index in [2.05, 4.69) is 0 Å². The molecule has 0 spiro atoms. The highest BCUT2D eigenvalue weighted by Crippen LogP contribution is 1.92. The topological polar surface area (TPSA) is 83.5 Å². The SMILES string of the molecule is CC(N)(O)CS(=O)O. The van der Waals surface area contributed by atoms with E-state index in [0.29, 0.717) is 0 Å². The Morgan fingerprint density at radius 1 is 1.88 bits per heavy atom. The molecule has 0 bridgehead atoms. The largest absolute Gasteiger partial charge is 0.375 e. The maximum absolute atomic E-state index is 9.89. The lowest BCUT2D eigenvalue weighted by atomic mass is 10.3. The van der Waals surface area contributed by atoms with Crippen molar-refractivity contribution in [3.8, 4) is 0 Å². The normalized spacial score (nSPS) is 22.0. The first-order chi connectivity index (χ1) is 3.42. The van der Waals surface area contributed by atoms with Crippen LogP contribution in [0.4, 0.5) is 0 Å². The fourth-order valence-corrected chi connectivity index (χ4v) is 0.750. The molecule has 0 aromatic heterocycles. The highest BCUT2D eigenvalue weighted by atomic mass is 32.2. The highest BCUT2D eigenvalue weighted by Gasteiger charge is 2.15. The molecule has 0 fully saturated rings. The van der Waals surface area contributed by atoms with Crippen LogP contribution >= 0.6 is 0 Å². The molecule has 0 aliphatic rings. The van der Waals surface area contributed by atoms with Crippen LogP contribution in [0.1, 0.15) is 6.92 Å². The van der Waals surface area contributed by atoms with Gasteiger partial charge in [-0.1, -0.05) is 0 Å². The van der Waals surface area contributed by atoms with Crippen molar-refractivity contribution in [2.24, 2.45) is 5.73 Å². The summed E-state index contributed by atoms with van der Waals surface area (Å²) in [5, 5.41) is 8.61. The average molecular weight is 139 g/mol. The van der Waals surface area contributed by atoms with Crippen LogP contribution in [-0.4, -0.2) is 25.3 Å². The summed E-state index contributed by atoms with van der Waals surface area (Å²) in [5.41, 5.74) is 3.41. The van der Waals surface area contributed by atoms with Crippen LogP contribution in [-0.2, 0) is 11.1 Å². The molecular weight excluding hydrogens is 130 g/mol. The van der Waals surface area contributed by atoms with Gasteiger partial charge in [-0.2, -0.15) is 0 Å². The fourth-order valence-electron chi connectivity index (χ4n) is 0.250. The molecule has 0 aromatic carbocycles. The first kappa shape index (κ1) is 8.03. The second-order valence-electron chi connectivity index (χ2n) is 1.82. The number of hydrogen-bond donors (Lipinski definition) is 3. The minimum Gasteiger partial charge on any atom is -0.375 e. The summed E-state index contributed by atoms with van der Waals surface area (Å²) in [6.07, 6.45) is 0. The molecule has 0 aromatic rings. The van der Waals surface area contributed by atoms with Crippen LogP contribution in [0.2, 0.25) is 0 Å². The van der Waals surface area contributed by atoms with Gasteiger partial charge in [-0.3, -0.25) is 0 Å². The third kappa shape index (κ3) is 6.03. The van der Waals surface area contributed by atoms with Gasteiger partial charge in [0, 0.05) is 0 Å². The molecule has 0 aliphatic carbocycles. The van der Waals surface area contributed by atoms with E-state index in [4.69, 9.17) is 15.4 Å². The summed E-state index contributed by atoms with van der Waals surface area (Å²) in [6, 6.07) is 0. The minimum atomic E-state index is -2.01. The van der Waals surface area contributed by atoms with Crippen molar-refractivity contribution in [1.29, 1.82) is 0 Å². The number of aliphatic hydroxyl groups is 1. The smallest absolute Gasteiger partial charge is 0.157 e. The Kier molecular flexibility index (Phi) is 2.55. The van der Waals surface area contributed by atoms with Crippen molar-refractivity contribution in [3.63, 3.8) is 0 Å². The zero-order valence-electron chi connectivity index (χ0n) is 4.50. The summed E-state index contributed by atoms with van der Waals surface area (Å²) >= 11 is -2.01. The van der Waals surface area contributed by atoms with E-state index in [1.807, 2.05) is 0 Å². The molecule has 0 radical (unpaired) electrons. The van der Waals surface area contributed by atoms with Gasteiger partial charge in [-0.25, -0.2) is 4.21 Å². The highest BCUT2D eigenvalue weighted by molar-refractivity contribution is 7.79. The molecule has 8 heavy (non-hydrogen) atoms. The molecule has 4 nitrogen and oxygen atoms in total. The van der Waals surface area contributed by atoms with Crippen LogP contribution in [0.15, 0.2) is 0 Å². The van der Waals surface area contributed by atoms with Gasteiger partial charge in [-0.15, -0.1) is 0 Å². The maximum atomic E-state index is 9.89. The van der Waals surface area contributed by atoms with Crippen molar-refractivity contribution in [2.75, 3.05) is 5.75 Å². The second-order valence-corrected chi connectivity index (χ2v) is 2.75. The Morgan fingerprint density at radius 3 is 2.25 bits per heavy atom. The Labute approximate surface area is 50.0 Å². The van der Waals surface area contributed by atoms with Crippen LogP contribution in [0.25, 0.3) is 0 Å². The van der Waals surface area contributed by atoms with E-state index in [0.717, 1.165) is 0 Å². The molecule has 5 heteroatoms. The predicted molar refractivity (Wildman–Crippen MR) is 30.4 cm³/mol. The Bertz CT molecular complexity index is 97.2. The quantitative estimate of drug-likeness (QED) is 0.334. The maximum Gasteiger partial charge on any atom is 0.157 e. The summed E-state index contributed by atoms with van der Waals surface area (Å²) < 4.78 is 18.0.